The Morgan fingerprint density at radius 1 is 1.47 bits per heavy atom. The molecule has 0 radical (unpaired) electrons. The lowest BCUT2D eigenvalue weighted by Gasteiger charge is -2.35. The highest BCUT2D eigenvalue weighted by molar-refractivity contribution is 9.10. The fourth-order valence-corrected chi connectivity index (χ4v) is 3.34. The van der Waals surface area contributed by atoms with E-state index in [1.165, 1.54) is 0 Å². The lowest BCUT2D eigenvalue weighted by molar-refractivity contribution is -0.110. The van der Waals surface area contributed by atoms with Crippen molar-refractivity contribution in [2.45, 2.75) is 38.4 Å². The second-order valence-corrected chi connectivity index (χ2v) is 5.15. The van der Waals surface area contributed by atoms with Crippen molar-refractivity contribution in [1.29, 1.82) is 0 Å². The third-order valence-corrected chi connectivity index (χ3v) is 4.79. The van der Waals surface area contributed by atoms with Crippen LogP contribution >= 0.6 is 27.3 Å². The van der Waals surface area contributed by atoms with Gasteiger partial charge in [-0.2, -0.15) is 11.3 Å². The smallest absolute Gasteiger partial charge is 0.110 e. The molecule has 1 aromatic rings. The maximum absolute atomic E-state index is 10.4. The van der Waals surface area contributed by atoms with Crippen LogP contribution in [-0.2, 0) is 4.74 Å². The number of ether oxygens (including phenoxy) is 1. The van der Waals surface area contributed by atoms with Crippen LogP contribution in [0.25, 0.3) is 0 Å². The lowest BCUT2D eigenvalue weighted by atomic mass is 9.87. The van der Waals surface area contributed by atoms with E-state index in [-0.39, 0.29) is 0 Å². The summed E-state index contributed by atoms with van der Waals surface area (Å²) in [5, 5.41) is 14.3. The minimum atomic E-state index is -0.571. The van der Waals surface area contributed by atoms with Crippen LogP contribution in [0.3, 0.4) is 0 Å². The van der Waals surface area contributed by atoms with Crippen LogP contribution in [0, 0.1) is 0 Å². The van der Waals surface area contributed by atoms with Crippen LogP contribution in [0.15, 0.2) is 15.2 Å². The van der Waals surface area contributed by atoms with Gasteiger partial charge in [0.2, 0.25) is 0 Å². The molecule has 0 aliphatic carbocycles. The number of thiophene rings is 1. The highest BCUT2D eigenvalue weighted by Gasteiger charge is 2.36. The van der Waals surface area contributed by atoms with E-state index in [0.717, 1.165) is 22.9 Å². The monoisotopic (exact) mass is 292 g/mol. The van der Waals surface area contributed by atoms with E-state index in [0.29, 0.717) is 0 Å². The van der Waals surface area contributed by atoms with E-state index >= 15 is 0 Å². The summed E-state index contributed by atoms with van der Waals surface area (Å²) in [6, 6.07) is 0. The second kappa shape index (κ2) is 5.43. The van der Waals surface area contributed by atoms with Gasteiger partial charge in [0.05, 0.1) is 5.60 Å². The highest BCUT2D eigenvalue weighted by atomic mass is 79.9. The van der Waals surface area contributed by atoms with Gasteiger partial charge in [-0.05, 0) is 34.2 Å². The van der Waals surface area contributed by atoms with Crippen LogP contribution in [-0.4, -0.2) is 17.8 Å². The van der Waals surface area contributed by atoms with Gasteiger partial charge in [-0.15, -0.1) is 0 Å². The van der Waals surface area contributed by atoms with E-state index in [4.69, 9.17) is 4.74 Å². The molecule has 1 rings (SSSR count). The predicted molar refractivity (Wildman–Crippen MR) is 67.3 cm³/mol. The Hall–Kier alpha value is 0.100. The summed E-state index contributed by atoms with van der Waals surface area (Å²) in [6.45, 7) is 4.08. The summed E-state index contributed by atoms with van der Waals surface area (Å²) >= 11 is 5.02. The Labute approximate surface area is 103 Å². The predicted octanol–water partition coefficient (Wildman–Crippen LogP) is 3.75. The van der Waals surface area contributed by atoms with Gasteiger partial charge in [-0.1, -0.05) is 13.8 Å². The molecule has 0 aliphatic heterocycles. The molecule has 1 aromatic heterocycles. The molecule has 1 unspecified atom stereocenters. The first-order valence-corrected chi connectivity index (χ1v) is 6.79. The summed E-state index contributed by atoms with van der Waals surface area (Å²) in [5.74, 6) is 0. The van der Waals surface area contributed by atoms with E-state index in [1.807, 2.05) is 24.6 Å². The third-order valence-electron chi connectivity index (χ3n) is 3.04. The topological polar surface area (TPSA) is 29.5 Å². The first-order chi connectivity index (χ1) is 7.11. The minimum Gasteiger partial charge on any atom is -0.385 e. The Morgan fingerprint density at radius 3 is 2.40 bits per heavy atom. The van der Waals surface area contributed by atoms with Gasteiger partial charge in [0.1, 0.15) is 6.10 Å². The molecular formula is C11H17BrO2S. The Bertz CT molecular complexity index is 299. The number of hydrogen-bond donors (Lipinski definition) is 1. The normalized spacial score (nSPS) is 14.2. The molecule has 4 heteroatoms. The summed E-state index contributed by atoms with van der Waals surface area (Å²) in [5.41, 5.74) is 0.453. The Kier molecular flexibility index (Phi) is 4.77. The molecule has 1 heterocycles. The molecule has 0 amide bonds. The van der Waals surface area contributed by atoms with Gasteiger partial charge in [0.15, 0.2) is 0 Å². The molecular weight excluding hydrogens is 276 g/mol. The van der Waals surface area contributed by atoms with E-state index in [1.54, 1.807) is 18.4 Å². The molecule has 0 saturated carbocycles. The van der Waals surface area contributed by atoms with Crippen LogP contribution in [0.2, 0.25) is 0 Å². The third kappa shape index (κ3) is 2.44. The van der Waals surface area contributed by atoms with Gasteiger partial charge in [-0.25, -0.2) is 0 Å². The largest absolute Gasteiger partial charge is 0.385 e. The number of rotatable bonds is 5. The second-order valence-electron chi connectivity index (χ2n) is 3.55. The highest BCUT2D eigenvalue weighted by Crippen LogP contribution is 2.39. The first-order valence-electron chi connectivity index (χ1n) is 5.06. The standard InChI is InChI=1S/C11H17BrO2S/c1-4-11(5-2,14-3)10(13)8-6-15-7-9(8)12/h6-7,10,13H,4-5H2,1-3H3. The van der Waals surface area contributed by atoms with Crippen LogP contribution in [0.4, 0.5) is 0 Å². The average molecular weight is 293 g/mol. The minimum absolute atomic E-state index is 0.469. The molecule has 0 spiro atoms. The van der Waals surface area contributed by atoms with Crippen LogP contribution in [0.1, 0.15) is 38.4 Å². The van der Waals surface area contributed by atoms with Gasteiger partial charge in [0, 0.05) is 22.5 Å². The maximum atomic E-state index is 10.4. The molecule has 86 valence electrons. The van der Waals surface area contributed by atoms with Crippen molar-refractivity contribution in [3.63, 3.8) is 0 Å². The zero-order valence-corrected chi connectivity index (χ0v) is 11.7. The quantitative estimate of drug-likeness (QED) is 0.896. The maximum Gasteiger partial charge on any atom is 0.110 e. The molecule has 1 atom stereocenters. The van der Waals surface area contributed by atoms with Gasteiger partial charge >= 0.3 is 0 Å². The van der Waals surface area contributed by atoms with Crippen LogP contribution < -0.4 is 0 Å². The zero-order chi connectivity index (χ0) is 11.5. The summed E-state index contributed by atoms with van der Waals surface area (Å²) < 4.78 is 6.47. The molecule has 0 saturated heterocycles. The Balaban J connectivity index is 3.00. The fraction of sp³-hybridized carbons (Fsp3) is 0.636. The van der Waals surface area contributed by atoms with Crippen molar-refractivity contribution in [2.24, 2.45) is 0 Å². The molecule has 0 aromatic carbocycles. The van der Waals surface area contributed by atoms with Crippen molar-refractivity contribution >= 4 is 27.3 Å². The van der Waals surface area contributed by atoms with Crippen molar-refractivity contribution in [1.82, 2.24) is 0 Å². The molecule has 0 bridgehead atoms. The van der Waals surface area contributed by atoms with Crippen LogP contribution in [0.5, 0.6) is 0 Å². The van der Waals surface area contributed by atoms with Crippen molar-refractivity contribution in [2.75, 3.05) is 7.11 Å². The zero-order valence-electron chi connectivity index (χ0n) is 9.29. The molecule has 0 aliphatic rings. The van der Waals surface area contributed by atoms with Crippen molar-refractivity contribution in [3.8, 4) is 0 Å². The number of aliphatic hydroxyl groups is 1. The number of aliphatic hydroxyl groups excluding tert-OH is 1. The molecule has 15 heavy (non-hydrogen) atoms. The molecule has 2 nitrogen and oxygen atoms in total. The fourth-order valence-electron chi connectivity index (χ4n) is 1.81. The van der Waals surface area contributed by atoms with Crippen molar-refractivity contribution < 1.29 is 9.84 Å². The summed E-state index contributed by atoms with van der Waals surface area (Å²) in [7, 11) is 1.66. The van der Waals surface area contributed by atoms with Gasteiger partial charge in [-0.3, -0.25) is 0 Å². The van der Waals surface area contributed by atoms with E-state index in [2.05, 4.69) is 15.9 Å². The SMILES string of the molecule is CCC(CC)(OC)C(O)c1cscc1Br. The summed E-state index contributed by atoms with van der Waals surface area (Å²) in [6.07, 6.45) is 1.02. The first kappa shape index (κ1) is 13.2. The Morgan fingerprint density at radius 2 is 2.07 bits per heavy atom. The number of hydrogen-bond acceptors (Lipinski definition) is 3. The van der Waals surface area contributed by atoms with E-state index in [9.17, 15) is 5.11 Å². The average Bonchev–Trinajstić information content (AvgIpc) is 2.67. The number of methoxy groups -OCH3 is 1. The van der Waals surface area contributed by atoms with Crippen molar-refractivity contribution in [3.05, 3.63) is 20.8 Å². The summed E-state index contributed by atoms with van der Waals surface area (Å²) in [4.78, 5) is 0. The molecule has 0 fully saturated rings. The lowest BCUT2D eigenvalue weighted by Crippen LogP contribution is -2.37. The number of halogens is 1. The van der Waals surface area contributed by atoms with Gasteiger partial charge < -0.3 is 9.84 Å². The van der Waals surface area contributed by atoms with Gasteiger partial charge in [0.25, 0.3) is 0 Å². The molecule has 1 N–H and O–H groups in total. The van der Waals surface area contributed by atoms with E-state index < -0.39 is 11.7 Å².